The molecule has 0 spiro atoms. The van der Waals surface area contributed by atoms with Crippen LogP contribution in [0.2, 0.25) is 0 Å². The van der Waals surface area contributed by atoms with Crippen molar-refractivity contribution in [3.8, 4) is 0 Å². The van der Waals surface area contributed by atoms with Crippen LogP contribution in [0, 0.1) is 0 Å². The first-order valence-corrected chi connectivity index (χ1v) is 9.28. The summed E-state index contributed by atoms with van der Waals surface area (Å²) in [7, 11) is -3.04. The van der Waals surface area contributed by atoms with Gasteiger partial charge < -0.3 is 0 Å². The highest BCUT2D eigenvalue weighted by atomic mass is 32.2. The second-order valence-corrected chi connectivity index (χ2v) is 8.87. The number of rotatable bonds is 3. The largest absolute Gasteiger partial charge is 0.296 e. The predicted molar refractivity (Wildman–Crippen MR) is 86.8 cm³/mol. The molecule has 0 aromatic heterocycles. The van der Waals surface area contributed by atoms with Crippen LogP contribution in [0.1, 0.15) is 31.9 Å². The molecule has 4 nitrogen and oxygen atoms in total. The molecule has 0 saturated carbocycles. The number of hydrogen-bond acceptors (Lipinski definition) is 3. The van der Waals surface area contributed by atoms with Gasteiger partial charge in [0, 0.05) is 32.7 Å². The molecule has 21 heavy (non-hydrogen) atoms. The molecule has 1 saturated heterocycles. The number of hydrogen-bond donors (Lipinski definition) is 0. The molecule has 1 aromatic rings. The standard InChI is InChI=1S/C16H26N2O2S/c1-16(2,3)15-7-5-6-14(12-15)13-17-8-10-18(11-9-17)21(4,19)20/h5-7,12H,8-11,13H2,1-4H3. The zero-order chi connectivity index (χ0) is 15.7. The van der Waals surface area contributed by atoms with Crippen LogP contribution in [0.5, 0.6) is 0 Å². The fraction of sp³-hybridized carbons (Fsp3) is 0.625. The summed E-state index contributed by atoms with van der Waals surface area (Å²) in [4.78, 5) is 2.32. The monoisotopic (exact) mass is 310 g/mol. The van der Waals surface area contributed by atoms with Gasteiger partial charge in [0.1, 0.15) is 0 Å². The molecule has 1 aliphatic rings. The fourth-order valence-corrected chi connectivity index (χ4v) is 3.44. The van der Waals surface area contributed by atoms with Gasteiger partial charge in [-0.15, -0.1) is 0 Å². The second-order valence-electron chi connectivity index (χ2n) is 6.89. The molecular weight excluding hydrogens is 284 g/mol. The quantitative estimate of drug-likeness (QED) is 0.858. The van der Waals surface area contributed by atoms with Crippen molar-refractivity contribution in [3.63, 3.8) is 0 Å². The molecule has 118 valence electrons. The van der Waals surface area contributed by atoms with Crippen LogP contribution in [0.3, 0.4) is 0 Å². The fourth-order valence-electron chi connectivity index (χ4n) is 2.61. The molecule has 1 aliphatic heterocycles. The van der Waals surface area contributed by atoms with Crippen LogP contribution in [-0.2, 0) is 22.0 Å². The van der Waals surface area contributed by atoms with E-state index in [-0.39, 0.29) is 5.41 Å². The highest BCUT2D eigenvalue weighted by molar-refractivity contribution is 7.88. The Morgan fingerprint density at radius 1 is 1.10 bits per heavy atom. The van der Waals surface area contributed by atoms with Gasteiger partial charge >= 0.3 is 0 Å². The lowest BCUT2D eigenvalue weighted by Crippen LogP contribution is -2.47. The summed E-state index contributed by atoms with van der Waals surface area (Å²) in [5.74, 6) is 0. The van der Waals surface area contributed by atoms with Crippen LogP contribution < -0.4 is 0 Å². The van der Waals surface area contributed by atoms with Gasteiger partial charge in [-0.3, -0.25) is 4.90 Å². The van der Waals surface area contributed by atoms with E-state index in [2.05, 4.69) is 49.9 Å². The summed E-state index contributed by atoms with van der Waals surface area (Å²) in [5.41, 5.74) is 2.80. The van der Waals surface area contributed by atoms with Gasteiger partial charge in [-0.05, 0) is 16.5 Å². The van der Waals surface area contributed by atoms with Crippen molar-refractivity contribution in [3.05, 3.63) is 35.4 Å². The van der Waals surface area contributed by atoms with Crippen molar-refractivity contribution >= 4 is 10.0 Å². The first-order chi connectivity index (χ1) is 9.66. The average Bonchev–Trinajstić information content (AvgIpc) is 2.37. The van der Waals surface area contributed by atoms with Crippen LogP contribution in [0.15, 0.2) is 24.3 Å². The molecule has 0 atom stereocenters. The van der Waals surface area contributed by atoms with E-state index < -0.39 is 10.0 Å². The molecule has 5 heteroatoms. The Hall–Kier alpha value is -0.910. The average molecular weight is 310 g/mol. The zero-order valence-corrected chi connectivity index (χ0v) is 14.3. The minimum Gasteiger partial charge on any atom is -0.296 e. The van der Waals surface area contributed by atoms with E-state index in [0.29, 0.717) is 13.1 Å². The summed E-state index contributed by atoms with van der Waals surface area (Å²) in [6, 6.07) is 8.70. The zero-order valence-electron chi connectivity index (χ0n) is 13.5. The predicted octanol–water partition coefficient (Wildman–Crippen LogP) is 2.06. The Kier molecular flexibility index (Phi) is 4.76. The Balaban J connectivity index is 1.98. The molecule has 1 aromatic carbocycles. The molecule has 0 aliphatic carbocycles. The Morgan fingerprint density at radius 3 is 2.24 bits per heavy atom. The van der Waals surface area contributed by atoms with Gasteiger partial charge in [-0.1, -0.05) is 45.0 Å². The molecule has 0 bridgehead atoms. The summed E-state index contributed by atoms with van der Waals surface area (Å²) in [6.07, 6.45) is 1.29. The minimum atomic E-state index is -3.04. The van der Waals surface area contributed by atoms with E-state index in [1.54, 1.807) is 4.31 Å². The maximum Gasteiger partial charge on any atom is 0.211 e. The minimum absolute atomic E-state index is 0.158. The van der Waals surface area contributed by atoms with Gasteiger partial charge in [0.25, 0.3) is 0 Å². The van der Waals surface area contributed by atoms with Gasteiger partial charge in [0.05, 0.1) is 6.26 Å². The molecule has 2 rings (SSSR count). The van der Waals surface area contributed by atoms with Crippen molar-refractivity contribution in [1.82, 2.24) is 9.21 Å². The van der Waals surface area contributed by atoms with Crippen LogP contribution in [0.4, 0.5) is 0 Å². The van der Waals surface area contributed by atoms with Crippen molar-refractivity contribution in [1.29, 1.82) is 0 Å². The highest BCUT2D eigenvalue weighted by Gasteiger charge is 2.23. The van der Waals surface area contributed by atoms with E-state index in [9.17, 15) is 8.42 Å². The third-order valence-corrected chi connectivity index (χ3v) is 5.30. The smallest absolute Gasteiger partial charge is 0.211 e. The molecule has 0 radical (unpaired) electrons. The molecular formula is C16H26N2O2S. The van der Waals surface area contributed by atoms with Gasteiger partial charge in [-0.2, -0.15) is 4.31 Å². The number of sulfonamides is 1. The molecule has 1 fully saturated rings. The third kappa shape index (κ3) is 4.53. The number of piperazine rings is 1. The van der Waals surface area contributed by atoms with Gasteiger partial charge in [-0.25, -0.2) is 8.42 Å². The second kappa shape index (κ2) is 6.07. The Morgan fingerprint density at radius 2 is 1.71 bits per heavy atom. The molecule has 0 amide bonds. The first kappa shape index (κ1) is 16.5. The summed E-state index contributed by atoms with van der Waals surface area (Å²) in [6.45, 7) is 10.3. The van der Waals surface area contributed by atoms with Crippen molar-refractivity contribution in [2.45, 2.75) is 32.7 Å². The number of benzene rings is 1. The lowest BCUT2D eigenvalue weighted by molar-refractivity contribution is 0.182. The van der Waals surface area contributed by atoms with Crippen molar-refractivity contribution in [2.24, 2.45) is 0 Å². The van der Waals surface area contributed by atoms with Crippen LogP contribution >= 0.6 is 0 Å². The van der Waals surface area contributed by atoms with E-state index in [0.717, 1.165) is 19.6 Å². The Labute approximate surface area is 128 Å². The van der Waals surface area contributed by atoms with E-state index in [1.807, 2.05) is 0 Å². The van der Waals surface area contributed by atoms with E-state index >= 15 is 0 Å². The lowest BCUT2D eigenvalue weighted by Gasteiger charge is -2.33. The van der Waals surface area contributed by atoms with E-state index in [4.69, 9.17) is 0 Å². The highest BCUT2D eigenvalue weighted by Crippen LogP contribution is 2.23. The molecule has 0 N–H and O–H groups in total. The van der Waals surface area contributed by atoms with Crippen molar-refractivity contribution in [2.75, 3.05) is 32.4 Å². The van der Waals surface area contributed by atoms with Crippen LogP contribution in [0.25, 0.3) is 0 Å². The molecule has 1 heterocycles. The molecule has 0 unspecified atom stereocenters. The van der Waals surface area contributed by atoms with Crippen LogP contribution in [-0.4, -0.2) is 50.1 Å². The van der Waals surface area contributed by atoms with Crippen molar-refractivity contribution < 1.29 is 8.42 Å². The first-order valence-electron chi connectivity index (χ1n) is 7.43. The normalized spacial score (nSPS) is 18.9. The van der Waals surface area contributed by atoms with Gasteiger partial charge in [0.2, 0.25) is 10.0 Å². The topological polar surface area (TPSA) is 40.6 Å². The summed E-state index contributed by atoms with van der Waals surface area (Å²) in [5, 5.41) is 0. The summed E-state index contributed by atoms with van der Waals surface area (Å²) >= 11 is 0. The maximum absolute atomic E-state index is 11.5. The third-order valence-electron chi connectivity index (χ3n) is 4.00. The lowest BCUT2D eigenvalue weighted by atomic mass is 9.86. The van der Waals surface area contributed by atoms with E-state index in [1.165, 1.54) is 17.4 Å². The van der Waals surface area contributed by atoms with Gasteiger partial charge in [0.15, 0.2) is 0 Å². The SMILES string of the molecule is CC(C)(C)c1cccc(CN2CCN(S(C)(=O)=O)CC2)c1. The summed E-state index contributed by atoms with van der Waals surface area (Å²) < 4.78 is 24.6. The maximum atomic E-state index is 11.5. The number of nitrogens with zero attached hydrogens (tertiary/aromatic N) is 2. The Bertz CT molecular complexity index is 583.